The summed E-state index contributed by atoms with van der Waals surface area (Å²) < 4.78 is 6.03. The first-order valence-corrected chi connectivity index (χ1v) is 8.42. The highest BCUT2D eigenvalue weighted by Gasteiger charge is 2.22. The monoisotopic (exact) mass is 374 g/mol. The van der Waals surface area contributed by atoms with Gasteiger partial charge in [0.1, 0.15) is 10.6 Å². The first-order chi connectivity index (χ1) is 12.9. The van der Waals surface area contributed by atoms with Gasteiger partial charge in [0.05, 0.1) is 11.6 Å². The molecule has 1 aliphatic heterocycles. The second-order valence-electron chi connectivity index (χ2n) is 6.26. The number of anilines is 1. The number of furan rings is 1. The fourth-order valence-electron chi connectivity index (χ4n) is 2.93. The number of hydrogen-bond donors (Lipinski definition) is 1. The summed E-state index contributed by atoms with van der Waals surface area (Å²) in [4.78, 5) is 48.8. The van der Waals surface area contributed by atoms with E-state index in [1.54, 1.807) is 4.90 Å². The standard InChI is InChI=1S/C17H18N4O6/c1-19-10-11(16(23)20-7-3-2-4-8-20)9-12(17(19)24)18-15(22)13-5-6-14(27-13)21(25)26/h5-6,9-10H,2-4,7-8H2,1H3,(H,18,22). The van der Waals surface area contributed by atoms with Crippen LogP contribution in [-0.2, 0) is 7.05 Å². The average molecular weight is 374 g/mol. The van der Waals surface area contributed by atoms with Crippen LogP contribution in [0.3, 0.4) is 0 Å². The molecule has 0 aromatic carbocycles. The van der Waals surface area contributed by atoms with E-state index < -0.39 is 22.3 Å². The third-order valence-electron chi connectivity index (χ3n) is 4.32. The van der Waals surface area contributed by atoms with Crippen LogP contribution in [0.25, 0.3) is 0 Å². The Morgan fingerprint density at radius 2 is 1.93 bits per heavy atom. The van der Waals surface area contributed by atoms with Gasteiger partial charge >= 0.3 is 5.88 Å². The van der Waals surface area contributed by atoms with Crippen LogP contribution >= 0.6 is 0 Å². The minimum Gasteiger partial charge on any atom is -0.395 e. The van der Waals surface area contributed by atoms with Crippen LogP contribution in [-0.4, -0.2) is 39.3 Å². The van der Waals surface area contributed by atoms with Crippen LogP contribution in [0.5, 0.6) is 0 Å². The number of aryl methyl sites for hydroxylation is 1. The van der Waals surface area contributed by atoms with Gasteiger partial charge in [-0.25, -0.2) is 0 Å². The lowest BCUT2D eigenvalue weighted by Gasteiger charge is -2.27. The van der Waals surface area contributed by atoms with Gasteiger partial charge in [0.2, 0.25) is 0 Å². The van der Waals surface area contributed by atoms with Gasteiger partial charge in [-0.05, 0) is 31.4 Å². The molecule has 0 atom stereocenters. The van der Waals surface area contributed by atoms with Gasteiger partial charge in [0, 0.05) is 26.3 Å². The predicted molar refractivity (Wildman–Crippen MR) is 94.8 cm³/mol. The molecule has 0 spiro atoms. The summed E-state index contributed by atoms with van der Waals surface area (Å²) >= 11 is 0. The first kappa shape index (κ1) is 18.4. The molecule has 1 fully saturated rings. The molecule has 3 rings (SSSR count). The van der Waals surface area contributed by atoms with Crippen molar-refractivity contribution < 1.29 is 18.9 Å². The van der Waals surface area contributed by atoms with Crippen molar-refractivity contribution in [3.63, 3.8) is 0 Å². The number of carbonyl (C=O) groups is 2. The molecule has 0 saturated carbocycles. The summed E-state index contributed by atoms with van der Waals surface area (Å²) in [6.07, 6.45) is 4.36. The fourth-order valence-corrected chi connectivity index (χ4v) is 2.93. The molecule has 1 aliphatic rings. The molecule has 0 unspecified atom stereocenters. The number of pyridine rings is 1. The van der Waals surface area contributed by atoms with Crippen LogP contribution in [0, 0.1) is 10.1 Å². The van der Waals surface area contributed by atoms with E-state index >= 15 is 0 Å². The Kier molecular flexibility index (Phi) is 5.06. The highest BCUT2D eigenvalue weighted by molar-refractivity contribution is 6.03. The Bertz CT molecular complexity index is 955. The Balaban J connectivity index is 1.85. The smallest absolute Gasteiger partial charge is 0.395 e. The molecular formula is C17H18N4O6. The van der Waals surface area contributed by atoms with Gasteiger partial charge in [0.15, 0.2) is 5.76 Å². The highest BCUT2D eigenvalue weighted by atomic mass is 16.6. The summed E-state index contributed by atoms with van der Waals surface area (Å²) in [5, 5.41) is 13.0. The van der Waals surface area contributed by atoms with E-state index in [-0.39, 0.29) is 22.9 Å². The Morgan fingerprint density at radius 3 is 2.56 bits per heavy atom. The molecule has 10 heteroatoms. The molecule has 1 saturated heterocycles. The van der Waals surface area contributed by atoms with Crippen LogP contribution in [0.1, 0.15) is 40.2 Å². The Morgan fingerprint density at radius 1 is 1.22 bits per heavy atom. The van der Waals surface area contributed by atoms with Crippen molar-refractivity contribution in [2.24, 2.45) is 7.05 Å². The molecule has 27 heavy (non-hydrogen) atoms. The van der Waals surface area contributed by atoms with Crippen molar-refractivity contribution >= 4 is 23.4 Å². The van der Waals surface area contributed by atoms with E-state index in [4.69, 9.17) is 4.42 Å². The molecule has 142 valence electrons. The number of piperidine rings is 1. The van der Waals surface area contributed by atoms with E-state index in [1.165, 1.54) is 23.9 Å². The van der Waals surface area contributed by atoms with Gasteiger partial charge in [0.25, 0.3) is 17.4 Å². The summed E-state index contributed by atoms with van der Waals surface area (Å²) in [5.41, 5.74) is -0.344. The number of nitrogens with zero attached hydrogens (tertiary/aromatic N) is 3. The van der Waals surface area contributed by atoms with Gasteiger partial charge in [-0.15, -0.1) is 0 Å². The van der Waals surface area contributed by atoms with Crippen molar-refractivity contribution in [1.82, 2.24) is 9.47 Å². The maximum absolute atomic E-state index is 12.7. The fraction of sp³-hybridized carbons (Fsp3) is 0.353. The average Bonchev–Trinajstić information content (AvgIpc) is 3.16. The summed E-state index contributed by atoms with van der Waals surface area (Å²) in [6.45, 7) is 1.30. The normalized spacial score (nSPS) is 14.0. The number of carbonyl (C=O) groups excluding carboxylic acids is 2. The Labute approximate surface area is 153 Å². The minimum absolute atomic E-state index is 0.107. The second kappa shape index (κ2) is 7.44. The summed E-state index contributed by atoms with van der Waals surface area (Å²) in [5.74, 6) is -1.92. The molecule has 0 radical (unpaired) electrons. The number of nitrogens with one attached hydrogen (secondary N) is 1. The molecule has 3 heterocycles. The molecule has 0 bridgehead atoms. The summed E-state index contributed by atoms with van der Waals surface area (Å²) in [7, 11) is 1.47. The van der Waals surface area contributed by atoms with E-state index in [9.17, 15) is 24.5 Å². The number of nitro groups is 1. The predicted octanol–water partition coefficient (Wildman–Crippen LogP) is 1.76. The van der Waals surface area contributed by atoms with E-state index in [0.717, 1.165) is 31.4 Å². The third kappa shape index (κ3) is 3.89. The quantitative estimate of drug-likeness (QED) is 0.641. The van der Waals surface area contributed by atoms with Gasteiger partial charge < -0.3 is 19.2 Å². The van der Waals surface area contributed by atoms with Crippen molar-refractivity contribution in [3.8, 4) is 0 Å². The Hall–Kier alpha value is -3.43. The maximum Gasteiger partial charge on any atom is 0.433 e. The van der Waals surface area contributed by atoms with Gasteiger partial charge in [-0.2, -0.15) is 0 Å². The number of aromatic nitrogens is 1. The van der Waals surface area contributed by atoms with Crippen molar-refractivity contribution in [2.45, 2.75) is 19.3 Å². The van der Waals surface area contributed by atoms with Crippen molar-refractivity contribution in [1.29, 1.82) is 0 Å². The van der Waals surface area contributed by atoms with E-state index in [1.807, 2.05) is 0 Å². The maximum atomic E-state index is 12.7. The third-order valence-corrected chi connectivity index (χ3v) is 4.32. The zero-order valence-corrected chi connectivity index (χ0v) is 14.6. The topological polar surface area (TPSA) is 128 Å². The molecule has 10 nitrogen and oxygen atoms in total. The van der Waals surface area contributed by atoms with Crippen molar-refractivity contribution in [2.75, 3.05) is 18.4 Å². The van der Waals surface area contributed by atoms with Crippen LogP contribution in [0.2, 0.25) is 0 Å². The lowest BCUT2D eigenvalue weighted by atomic mass is 10.1. The zero-order chi connectivity index (χ0) is 19.6. The van der Waals surface area contributed by atoms with E-state index in [0.29, 0.717) is 13.1 Å². The zero-order valence-electron chi connectivity index (χ0n) is 14.6. The minimum atomic E-state index is -0.817. The molecule has 2 amide bonds. The number of likely N-dealkylation sites (tertiary alicyclic amines) is 1. The molecule has 2 aromatic heterocycles. The van der Waals surface area contributed by atoms with Crippen LogP contribution < -0.4 is 10.9 Å². The van der Waals surface area contributed by atoms with E-state index in [2.05, 4.69) is 5.32 Å². The number of rotatable bonds is 4. The first-order valence-electron chi connectivity index (χ1n) is 8.42. The van der Waals surface area contributed by atoms with Crippen LogP contribution in [0.15, 0.2) is 33.6 Å². The summed E-state index contributed by atoms with van der Waals surface area (Å²) in [6, 6.07) is 3.50. The second-order valence-corrected chi connectivity index (χ2v) is 6.26. The number of amides is 2. The lowest BCUT2D eigenvalue weighted by Crippen LogP contribution is -2.36. The molecule has 0 aliphatic carbocycles. The molecular weight excluding hydrogens is 356 g/mol. The largest absolute Gasteiger partial charge is 0.433 e. The lowest BCUT2D eigenvalue weighted by molar-refractivity contribution is -0.402. The molecule has 1 N–H and O–H groups in total. The van der Waals surface area contributed by atoms with Gasteiger partial charge in [-0.3, -0.25) is 24.5 Å². The SMILES string of the molecule is Cn1cc(C(=O)N2CCCCC2)cc(NC(=O)c2ccc([N+](=O)[O-])o2)c1=O. The van der Waals surface area contributed by atoms with Gasteiger partial charge in [-0.1, -0.05) is 0 Å². The number of hydrogen-bond acceptors (Lipinski definition) is 6. The van der Waals surface area contributed by atoms with Crippen molar-refractivity contribution in [3.05, 3.63) is 56.2 Å². The molecule has 2 aromatic rings. The highest BCUT2D eigenvalue weighted by Crippen LogP contribution is 2.18. The van der Waals surface area contributed by atoms with Crippen LogP contribution in [0.4, 0.5) is 11.6 Å².